The zero-order valence-electron chi connectivity index (χ0n) is 7.03. The molecule has 68 valence electrons. The van der Waals surface area contributed by atoms with Crippen LogP contribution in [0.3, 0.4) is 0 Å². The molecule has 1 aromatic carbocycles. The Kier molecular flexibility index (Phi) is 2.69. The smallest absolute Gasteiger partial charge is 0.161 e. The van der Waals surface area contributed by atoms with Crippen LogP contribution in [0, 0.1) is 0 Å². The molecule has 0 amide bonds. The zero-order valence-corrected chi connectivity index (χ0v) is 7.03. The van der Waals surface area contributed by atoms with Gasteiger partial charge in [0.1, 0.15) is 6.29 Å². The average Bonchev–Trinajstić information content (AvgIpc) is 2.14. The molecule has 0 aliphatic heterocycles. The van der Waals surface area contributed by atoms with Gasteiger partial charge in [-0.1, -0.05) is 6.08 Å². The number of hydrogen-bond acceptors (Lipinski definition) is 3. The molecule has 1 aromatic rings. The lowest BCUT2D eigenvalue weighted by atomic mass is 10.0. The third kappa shape index (κ3) is 1.69. The lowest BCUT2D eigenvalue weighted by molar-refractivity contribution is 0.112. The molecule has 13 heavy (non-hydrogen) atoms. The Bertz CT molecular complexity index is 342. The van der Waals surface area contributed by atoms with E-state index in [2.05, 4.69) is 6.58 Å². The molecule has 0 aliphatic rings. The third-order valence-electron chi connectivity index (χ3n) is 1.77. The first-order chi connectivity index (χ1) is 6.20. The topological polar surface area (TPSA) is 57.5 Å². The van der Waals surface area contributed by atoms with Crippen LogP contribution in [0.1, 0.15) is 15.9 Å². The number of aromatic hydroxyl groups is 2. The molecule has 0 fully saturated rings. The number of hydrogen-bond donors (Lipinski definition) is 2. The van der Waals surface area contributed by atoms with Crippen LogP contribution in [0.25, 0.3) is 0 Å². The van der Waals surface area contributed by atoms with Crippen molar-refractivity contribution in [3.05, 3.63) is 35.9 Å². The lowest BCUT2D eigenvalue weighted by Crippen LogP contribution is -1.91. The van der Waals surface area contributed by atoms with Crippen molar-refractivity contribution in [1.82, 2.24) is 0 Å². The van der Waals surface area contributed by atoms with Crippen LogP contribution < -0.4 is 0 Å². The van der Waals surface area contributed by atoms with Gasteiger partial charge in [-0.15, -0.1) is 6.58 Å². The van der Waals surface area contributed by atoms with E-state index in [9.17, 15) is 9.90 Å². The van der Waals surface area contributed by atoms with Crippen LogP contribution in [0.15, 0.2) is 24.8 Å². The minimum Gasteiger partial charge on any atom is -0.504 e. The summed E-state index contributed by atoms with van der Waals surface area (Å²) < 4.78 is 0. The molecular weight excluding hydrogens is 168 g/mol. The van der Waals surface area contributed by atoms with Crippen LogP contribution in [0.2, 0.25) is 0 Å². The lowest BCUT2D eigenvalue weighted by Gasteiger charge is -2.06. The van der Waals surface area contributed by atoms with Crippen molar-refractivity contribution in [2.45, 2.75) is 6.42 Å². The van der Waals surface area contributed by atoms with Gasteiger partial charge < -0.3 is 10.2 Å². The van der Waals surface area contributed by atoms with Gasteiger partial charge in [-0.05, 0) is 18.6 Å². The minimum absolute atomic E-state index is 0.220. The number of aldehydes is 1. The fourth-order valence-electron chi connectivity index (χ4n) is 1.11. The molecule has 0 saturated carbocycles. The van der Waals surface area contributed by atoms with Gasteiger partial charge in [-0.25, -0.2) is 0 Å². The summed E-state index contributed by atoms with van der Waals surface area (Å²) in [5.74, 6) is -0.466. The molecule has 0 aromatic heterocycles. The number of benzene rings is 1. The van der Waals surface area contributed by atoms with Crippen LogP contribution in [0.5, 0.6) is 11.5 Å². The Balaban J connectivity index is 3.31. The van der Waals surface area contributed by atoms with E-state index in [0.717, 1.165) is 0 Å². The summed E-state index contributed by atoms with van der Waals surface area (Å²) in [6, 6.07) is 2.74. The molecule has 0 radical (unpaired) electrons. The Hall–Kier alpha value is -1.77. The van der Waals surface area contributed by atoms with Gasteiger partial charge in [-0.3, -0.25) is 4.79 Å². The Morgan fingerprint density at radius 3 is 2.62 bits per heavy atom. The maximum Gasteiger partial charge on any atom is 0.161 e. The van der Waals surface area contributed by atoms with Crippen LogP contribution >= 0.6 is 0 Å². The van der Waals surface area contributed by atoms with E-state index in [1.54, 1.807) is 6.08 Å². The first-order valence-electron chi connectivity index (χ1n) is 3.80. The van der Waals surface area contributed by atoms with Crippen molar-refractivity contribution >= 4 is 6.29 Å². The maximum absolute atomic E-state index is 10.5. The number of carbonyl (C=O) groups excluding carboxylic acids is 1. The molecule has 0 bridgehead atoms. The highest BCUT2D eigenvalue weighted by Crippen LogP contribution is 2.31. The predicted octanol–water partition coefficient (Wildman–Crippen LogP) is 1.64. The quantitative estimate of drug-likeness (QED) is 0.420. The molecule has 3 heteroatoms. The monoisotopic (exact) mass is 178 g/mol. The highest BCUT2D eigenvalue weighted by molar-refractivity contribution is 5.79. The Labute approximate surface area is 76.0 Å². The second-order valence-corrected chi connectivity index (χ2v) is 2.61. The first kappa shape index (κ1) is 9.32. The van der Waals surface area contributed by atoms with Crippen LogP contribution in [-0.2, 0) is 6.42 Å². The van der Waals surface area contributed by atoms with Crippen molar-refractivity contribution in [2.75, 3.05) is 0 Å². The summed E-state index contributed by atoms with van der Waals surface area (Å²) >= 11 is 0. The molecule has 0 heterocycles. The summed E-state index contributed by atoms with van der Waals surface area (Å²) in [7, 11) is 0. The second kappa shape index (κ2) is 3.76. The maximum atomic E-state index is 10.5. The predicted molar refractivity (Wildman–Crippen MR) is 49.1 cm³/mol. The molecule has 0 saturated heterocycles. The molecule has 2 N–H and O–H groups in total. The number of phenolic OH excluding ortho intramolecular Hbond substituents is 2. The van der Waals surface area contributed by atoms with Gasteiger partial charge in [0.05, 0.1) is 0 Å². The molecule has 0 unspecified atom stereocenters. The van der Waals surface area contributed by atoms with E-state index in [4.69, 9.17) is 5.11 Å². The van der Waals surface area contributed by atoms with E-state index in [-0.39, 0.29) is 11.5 Å². The summed E-state index contributed by atoms with van der Waals surface area (Å²) in [4.78, 5) is 10.5. The SMILES string of the molecule is C=CCc1c(C=O)ccc(O)c1O. The largest absolute Gasteiger partial charge is 0.504 e. The van der Waals surface area contributed by atoms with Crippen molar-refractivity contribution in [2.24, 2.45) is 0 Å². The summed E-state index contributed by atoms with van der Waals surface area (Å²) in [5, 5.41) is 18.5. The highest BCUT2D eigenvalue weighted by Gasteiger charge is 2.09. The van der Waals surface area contributed by atoms with Crippen molar-refractivity contribution in [3.63, 3.8) is 0 Å². The fraction of sp³-hybridized carbons (Fsp3) is 0.100. The van der Waals surface area contributed by atoms with Gasteiger partial charge in [0.25, 0.3) is 0 Å². The molecule has 0 atom stereocenters. The number of phenols is 2. The second-order valence-electron chi connectivity index (χ2n) is 2.61. The van der Waals surface area contributed by atoms with Crippen LogP contribution in [0.4, 0.5) is 0 Å². The van der Waals surface area contributed by atoms with Crippen molar-refractivity contribution in [1.29, 1.82) is 0 Å². The normalized spacial score (nSPS) is 9.54. The fourth-order valence-corrected chi connectivity index (χ4v) is 1.11. The van der Waals surface area contributed by atoms with E-state index in [0.29, 0.717) is 23.8 Å². The average molecular weight is 178 g/mol. The first-order valence-corrected chi connectivity index (χ1v) is 3.80. The Morgan fingerprint density at radius 2 is 2.08 bits per heavy atom. The van der Waals surface area contributed by atoms with E-state index in [1.165, 1.54) is 12.1 Å². The summed E-state index contributed by atoms with van der Waals surface area (Å²) in [6.45, 7) is 3.49. The van der Waals surface area contributed by atoms with Gasteiger partial charge >= 0.3 is 0 Å². The van der Waals surface area contributed by atoms with E-state index >= 15 is 0 Å². The number of rotatable bonds is 3. The minimum atomic E-state index is -0.246. The highest BCUT2D eigenvalue weighted by atomic mass is 16.3. The Morgan fingerprint density at radius 1 is 1.38 bits per heavy atom. The van der Waals surface area contributed by atoms with Gasteiger partial charge in [0.15, 0.2) is 11.5 Å². The molecule has 1 rings (SSSR count). The number of allylic oxidation sites excluding steroid dienone is 1. The van der Waals surface area contributed by atoms with Crippen LogP contribution in [-0.4, -0.2) is 16.5 Å². The number of carbonyl (C=O) groups is 1. The molecular formula is C10H10O3. The molecule has 0 aliphatic carbocycles. The van der Waals surface area contributed by atoms with E-state index < -0.39 is 0 Å². The summed E-state index contributed by atoms with van der Waals surface area (Å²) in [6.07, 6.45) is 2.55. The molecule has 3 nitrogen and oxygen atoms in total. The third-order valence-corrected chi connectivity index (χ3v) is 1.77. The van der Waals surface area contributed by atoms with Gasteiger partial charge in [0, 0.05) is 11.1 Å². The van der Waals surface area contributed by atoms with Crippen molar-refractivity contribution < 1.29 is 15.0 Å². The zero-order chi connectivity index (χ0) is 9.84. The van der Waals surface area contributed by atoms with Gasteiger partial charge in [-0.2, -0.15) is 0 Å². The van der Waals surface area contributed by atoms with Crippen molar-refractivity contribution in [3.8, 4) is 11.5 Å². The standard InChI is InChI=1S/C10H10O3/c1-2-3-8-7(6-11)4-5-9(12)10(8)13/h2,4-6,12-13H,1,3H2. The molecule has 0 spiro atoms. The van der Waals surface area contributed by atoms with E-state index in [1.807, 2.05) is 0 Å². The van der Waals surface area contributed by atoms with Gasteiger partial charge in [0.2, 0.25) is 0 Å². The summed E-state index contributed by atoms with van der Waals surface area (Å²) in [5.41, 5.74) is 0.778.